The molecule has 46 heavy (non-hydrogen) atoms. The predicted molar refractivity (Wildman–Crippen MR) is 161 cm³/mol. The van der Waals surface area contributed by atoms with Crippen LogP contribution >= 0.6 is 0 Å². The monoisotopic (exact) mass is 636 g/mol. The SMILES string of the molecule is CCCCCCCCC1C(=O)c2ccc3c4c(ccc(c24)C1=O)C(=O)N(CCNC(=O)[C@@H](OC(C)=O)[C@@H](OC(C)=O)C(=O)O)C3=O. The summed E-state index contributed by atoms with van der Waals surface area (Å²) < 4.78 is 9.45. The van der Waals surface area contributed by atoms with Gasteiger partial charge in [0.25, 0.3) is 17.7 Å². The number of nitrogens with one attached hydrogen (secondary N) is 1. The number of benzene rings is 2. The van der Waals surface area contributed by atoms with Crippen molar-refractivity contribution >= 4 is 58.0 Å². The van der Waals surface area contributed by atoms with Gasteiger partial charge in [0, 0.05) is 60.0 Å². The molecule has 0 fully saturated rings. The van der Waals surface area contributed by atoms with Crippen LogP contribution in [0.5, 0.6) is 0 Å². The summed E-state index contributed by atoms with van der Waals surface area (Å²) in [6.45, 7) is 3.26. The van der Waals surface area contributed by atoms with Gasteiger partial charge in [0.15, 0.2) is 11.6 Å². The van der Waals surface area contributed by atoms with E-state index in [0.717, 1.165) is 57.3 Å². The molecule has 0 bridgehead atoms. The lowest BCUT2D eigenvalue weighted by atomic mass is 9.75. The van der Waals surface area contributed by atoms with Gasteiger partial charge in [-0.15, -0.1) is 0 Å². The molecule has 244 valence electrons. The first-order valence-electron chi connectivity index (χ1n) is 15.3. The summed E-state index contributed by atoms with van der Waals surface area (Å²) in [6.07, 6.45) is 2.33. The molecule has 1 heterocycles. The van der Waals surface area contributed by atoms with Crippen molar-refractivity contribution in [3.05, 3.63) is 46.5 Å². The first-order chi connectivity index (χ1) is 21.9. The fourth-order valence-electron chi connectivity index (χ4n) is 5.98. The van der Waals surface area contributed by atoms with Crippen molar-refractivity contribution in [3.8, 4) is 0 Å². The Morgan fingerprint density at radius 1 is 0.761 bits per heavy atom. The maximum Gasteiger partial charge on any atom is 0.349 e. The van der Waals surface area contributed by atoms with Crippen LogP contribution < -0.4 is 5.32 Å². The van der Waals surface area contributed by atoms with Gasteiger partial charge >= 0.3 is 17.9 Å². The maximum atomic E-state index is 13.5. The van der Waals surface area contributed by atoms with E-state index in [9.17, 15) is 43.5 Å². The Hall–Kier alpha value is -4.94. The molecule has 0 spiro atoms. The summed E-state index contributed by atoms with van der Waals surface area (Å²) >= 11 is 0. The molecule has 13 nitrogen and oxygen atoms in total. The zero-order valence-corrected chi connectivity index (χ0v) is 25.9. The molecule has 0 unspecified atom stereocenters. The van der Waals surface area contributed by atoms with E-state index in [-0.39, 0.29) is 46.6 Å². The Bertz CT molecular complexity index is 1560. The molecule has 2 aromatic rings. The van der Waals surface area contributed by atoms with E-state index in [2.05, 4.69) is 17.0 Å². The highest BCUT2D eigenvalue weighted by Gasteiger charge is 2.42. The van der Waals surface area contributed by atoms with Crippen molar-refractivity contribution in [2.45, 2.75) is 77.9 Å². The minimum atomic E-state index is -2.14. The number of hydrogen-bond donors (Lipinski definition) is 2. The number of Topliss-reactive ketones (excluding diaryl/α,β-unsaturated/α-hetero) is 2. The van der Waals surface area contributed by atoms with Crippen LogP contribution in [0.2, 0.25) is 0 Å². The summed E-state index contributed by atoms with van der Waals surface area (Å²) in [5, 5.41) is 12.2. The van der Waals surface area contributed by atoms with E-state index in [0.29, 0.717) is 17.5 Å². The van der Waals surface area contributed by atoms with Gasteiger partial charge in [0.05, 0.1) is 5.92 Å². The molecule has 0 saturated carbocycles. The first kappa shape index (κ1) is 33.9. The Balaban J connectivity index is 1.51. The van der Waals surface area contributed by atoms with Crippen LogP contribution in [-0.4, -0.2) is 82.5 Å². The Morgan fingerprint density at radius 3 is 1.76 bits per heavy atom. The van der Waals surface area contributed by atoms with E-state index in [1.54, 1.807) is 0 Å². The molecule has 0 saturated heterocycles. The molecule has 13 heteroatoms. The number of carbonyl (C=O) groups excluding carboxylic acids is 7. The van der Waals surface area contributed by atoms with Crippen molar-refractivity contribution < 1.29 is 52.9 Å². The Labute approximate surface area is 264 Å². The number of amides is 3. The molecule has 1 aliphatic carbocycles. The number of hydrogen-bond acceptors (Lipinski definition) is 10. The number of ketones is 2. The van der Waals surface area contributed by atoms with Crippen LogP contribution in [0, 0.1) is 5.92 Å². The molecule has 2 aromatic carbocycles. The fourth-order valence-corrected chi connectivity index (χ4v) is 5.98. The third-order valence-electron chi connectivity index (χ3n) is 8.12. The van der Waals surface area contributed by atoms with Crippen LogP contribution in [0.1, 0.15) is 107 Å². The van der Waals surface area contributed by atoms with Crippen molar-refractivity contribution in [2.75, 3.05) is 13.1 Å². The third kappa shape index (κ3) is 6.82. The molecule has 4 rings (SSSR count). The number of nitrogens with zero attached hydrogens (tertiary/aromatic N) is 1. The summed E-state index contributed by atoms with van der Waals surface area (Å²) in [5.41, 5.74) is 0.805. The van der Waals surface area contributed by atoms with Crippen molar-refractivity contribution in [1.29, 1.82) is 0 Å². The van der Waals surface area contributed by atoms with Gasteiger partial charge in [-0.3, -0.25) is 38.5 Å². The molecular formula is C33H36N2O11. The highest BCUT2D eigenvalue weighted by molar-refractivity contribution is 6.35. The summed E-state index contributed by atoms with van der Waals surface area (Å²) in [7, 11) is 0. The van der Waals surface area contributed by atoms with E-state index in [4.69, 9.17) is 4.74 Å². The number of unbranched alkanes of at least 4 members (excludes halogenated alkanes) is 5. The molecule has 1 aliphatic heterocycles. The molecule has 2 N–H and O–H groups in total. The lowest BCUT2D eigenvalue weighted by Gasteiger charge is -2.30. The van der Waals surface area contributed by atoms with Crippen molar-refractivity contribution in [1.82, 2.24) is 10.2 Å². The molecule has 0 radical (unpaired) electrons. The normalized spacial score (nSPS) is 15.5. The van der Waals surface area contributed by atoms with Gasteiger partial charge in [-0.1, -0.05) is 45.4 Å². The van der Waals surface area contributed by atoms with Crippen LogP contribution in [-0.2, 0) is 28.7 Å². The summed E-state index contributed by atoms with van der Waals surface area (Å²) in [6, 6.07) is 5.92. The molecular weight excluding hydrogens is 600 g/mol. The Kier molecular flexibility index (Phi) is 10.7. The van der Waals surface area contributed by atoms with E-state index >= 15 is 0 Å². The van der Waals surface area contributed by atoms with E-state index in [1.807, 2.05) is 0 Å². The molecule has 0 aromatic heterocycles. The highest BCUT2D eigenvalue weighted by Crippen LogP contribution is 2.40. The average molecular weight is 637 g/mol. The predicted octanol–water partition coefficient (Wildman–Crippen LogP) is 3.25. The van der Waals surface area contributed by atoms with Gasteiger partial charge in [-0.05, 0) is 30.7 Å². The summed E-state index contributed by atoms with van der Waals surface area (Å²) in [5.74, 6) is -7.81. The zero-order chi connectivity index (χ0) is 33.7. The minimum absolute atomic E-state index is 0.107. The minimum Gasteiger partial charge on any atom is -0.478 e. The zero-order valence-electron chi connectivity index (χ0n) is 25.9. The standard InChI is InChI=1S/C33H36N2O11/c1-4-5-6-7-8-9-10-23-26(38)19-11-13-21-25-22(14-12-20(24(19)25)27(23)39)32(42)35(31(21)41)16-15-34-30(40)28(45-17(2)36)29(33(43)44)46-18(3)37/h11-14,23,28-29H,4-10,15-16H2,1-3H3,(H,34,40)(H,43,44)/t28-,29+/m0/s1. The number of aliphatic carboxylic acids is 1. The van der Waals surface area contributed by atoms with Gasteiger partial charge in [-0.2, -0.15) is 0 Å². The second-order valence-corrected chi connectivity index (χ2v) is 11.4. The van der Waals surface area contributed by atoms with Crippen LogP contribution in [0.4, 0.5) is 0 Å². The number of carboxylic acid groups (broad SMARTS) is 1. The second kappa shape index (κ2) is 14.4. The van der Waals surface area contributed by atoms with Gasteiger partial charge in [0.2, 0.25) is 12.2 Å². The quantitative estimate of drug-likeness (QED) is 0.126. The van der Waals surface area contributed by atoms with Gasteiger partial charge < -0.3 is 19.9 Å². The maximum absolute atomic E-state index is 13.5. The summed E-state index contributed by atoms with van der Waals surface area (Å²) in [4.78, 5) is 102. The van der Waals surface area contributed by atoms with Crippen LogP contribution in [0.15, 0.2) is 24.3 Å². The number of carbonyl (C=O) groups is 8. The second-order valence-electron chi connectivity index (χ2n) is 11.4. The smallest absolute Gasteiger partial charge is 0.349 e. The number of ether oxygens (including phenoxy) is 2. The Morgan fingerprint density at radius 2 is 1.24 bits per heavy atom. The highest BCUT2D eigenvalue weighted by atomic mass is 16.6. The van der Waals surface area contributed by atoms with E-state index < -0.39 is 53.8 Å². The molecule has 2 aliphatic rings. The average Bonchev–Trinajstić information content (AvgIpc) is 3.00. The van der Waals surface area contributed by atoms with Gasteiger partial charge in [0.1, 0.15) is 0 Å². The lowest BCUT2D eigenvalue weighted by molar-refractivity contribution is -0.180. The number of esters is 2. The largest absolute Gasteiger partial charge is 0.478 e. The van der Waals surface area contributed by atoms with E-state index in [1.165, 1.54) is 24.3 Å². The van der Waals surface area contributed by atoms with Crippen molar-refractivity contribution in [2.24, 2.45) is 5.92 Å². The lowest BCUT2D eigenvalue weighted by Crippen LogP contribution is -2.51. The topological polar surface area (TPSA) is 191 Å². The fraction of sp³-hybridized carbons (Fsp3) is 0.455. The van der Waals surface area contributed by atoms with Crippen molar-refractivity contribution in [3.63, 3.8) is 0 Å². The number of imide groups is 1. The van der Waals surface area contributed by atoms with Crippen LogP contribution in [0.25, 0.3) is 10.8 Å². The third-order valence-corrected chi connectivity index (χ3v) is 8.12. The van der Waals surface area contributed by atoms with Gasteiger partial charge in [-0.25, -0.2) is 4.79 Å². The number of rotatable bonds is 15. The van der Waals surface area contributed by atoms with Crippen LogP contribution in [0.3, 0.4) is 0 Å². The first-order valence-corrected chi connectivity index (χ1v) is 15.3. The molecule has 3 amide bonds. The molecule has 2 atom stereocenters. The number of carboxylic acids is 1.